The van der Waals surface area contributed by atoms with Gasteiger partial charge in [-0.2, -0.15) is 0 Å². The van der Waals surface area contributed by atoms with Crippen molar-refractivity contribution in [2.45, 2.75) is 0 Å². The molecule has 218 valence electrons. The fraction of sp³-hybridized carbons (Fsp3) is 0. The van der Waals surface area contributed by atoms with E-state index in [0.717, 1.165) is 33.5 Å². The predicted molar refractivity (Wildman–Crippen MR) is 190 cm³/mol. The van der Waals surface area contributed by atoms with Gasteiger partial charge in [0.25, 0.3) is 0 Å². The van der Waals surface area contributed by atoms with Crippen LogP contribution in [0.5, 0.6) is 0 Å². The van der Waals surface area contributed by atoms with E-state index >= 15 is 0 Å². The summed E-state index contributed by atoms with van der Waals surface area (Å²) in [6.07, 6.45) is 3.74. The summed E-state index contributed by atoms with van der Waals surface area (Å²) < 4.78 is 2.40. The van der Waals surface area contributed by atoms with Gasteiger partial charge in [-0.1, -0.05) is 109 Å². The molecule has 6 aromatic carbocycles. The first-order valence-corrected chi connectivity index (χ1v) is 15.7. The summed E-state index contributed by atoms with van der Waals surface area (Å²) in [7, 11) is 0. The summed E-state index contributed by atoms with van der Waals surface area (Å²) in [5.74, 6) is 1.84. The average Bonchev–Trinajstić information content (AvgIpc) is 3.68. The summed E-state index contributed by atoms with van der Waals surface area (Å²) in [6, 6.07) is 48.7. The minimum absolute atomic E-state index is 0.586. The van der Waals surface area contributed by atoms with Crippen LogP contribution in [0.4, 0.5) is 0 Å². The molecule has 47 heavy (non-hydrogen) atoms. The lowest BCUT2D eigenvalue weighted by molar-refractivity contribution is 1.07. The monoisotopic (exact) mass is 599 g/mol. The first kappa shape index (κ1) is 25.8. The summed E-state index contributed by atoms with van der Waals surface area (Å²) in [6.45, 7) is 0. The van der Waals surface area contributed by atoms with Crippen molar-refractivity contribution >= 4 is 32.6 Å². The Balaban J connectivity index is 1.11. The maximum Gasteiger partial charge on any atom is 0.165 e. The molecule has 0 N–H and O–H groups in total. The summed E-state index contributed by atoms with van der Waals surface area (Å²) in [5, 5.41) is 5.31. The minimum Gasteiger partial charge on any atom is -0.309 e. The Morgan fingerprint density at radius 3 is 1.72 bits per heavy atom. The van der Waals surface area contributed by atoms with Gasteiger partial charge in [0.1, 0.15) is 0 Å². The number of nitrogens with zero attached hydrogens (tertiary/aromatic N) is 5. The molecule has 1 aliphatic rings. The Bertz CT molecular complexity index is 2620. The third-order valence-electron chi connectivity index (χ3n) is 9.22. The van der Waals surface area contributed by atoms with Gasteiger partial charge in [-0.3, -0.25) is 4.98 Å². The molecule has 0 saturated heterocycles. The van der Waals surface area contributed by atoms with Gasteiger partial charge in [0.05, 0.1) is 11.0 Å². The van der Waals surface area contributed by atoms with E-state index < -0.39 is 0 Å². The van der Waals surface area contributed by atoms with Crippen molar-refractivity contribution in [3.8, 4) is 62.1 Å². The van der Waals surface area contributed by atoms with Crippen molar-refractivity contribution in [3.05, 3.63) is 152 Å². The number of fused-ring (bicyclic) bond motifs is 1. The Kier molecular flexibility index (Phi) is 5.51. The van der Waals surface area contributed by atoms with E-state index in [4.69, 9.17) is 15.0 Å². The van der Waals surface area contributed by atoms with E-state index in [-0.39, 0.29) is 0 Å². The van der Waals surface area contributed by atoms with Crippen molar-refractivity contribution in [3.63, 3.8) is 0 Å². The Morgan fingerprint density at radius 1 is 0.383 bits per heavy atom. The van der Waals surface area contributed by atoms with Crippen LogP contribution in [0.3, 0.4) is 0 Å². The largest absolute Gasteiger partial charge is 0.309 e. The molecule has 3 heterocycles. The molecule has 0 saturated carbocycles. The summed E-state index contributed by atoms with van der Waals surface area (Å²) in [5.41, 5.74) is 11.0. The van der Waals surface area contributed by atoms with E-state index in [1.807, 2.05) is 73.1 Å². The molecule has 9 aromatic rings. The maximum absolute atomic E-state index is 4.92. The SMILES string of the molecule is c1ccc(-c2nc(-c3ccccc3)nc(-c3cncc(-c4cccc(-n5c6cccc7c6c6c8c-7cccc8ccc65)c4)c3)n2)cc1. The zero-order chi connectivity index (χ0) is 30.9. The van der Waals surface area contributed by atoms with Gasteiger partial charge in [0.2, 0.25) is 0 Å². The van der Waals surface area contributed by atoms with Gasteiger partial charge in [-0.05, 0) is 57.8 Å². The number of benzene rings is 6. The van der Waals surface area contributed by atoms with Gasteiger partial charge in [0.15, 0.2) is 17.5 Å². The smallest absolute Gasteiger partial charge is 0.165 e. The van der Waals surface area contributed by atoms with Gasteiger partial charge in [0, 0.05) is 51.1 Å². The van der Waals surface area contributed by atoms with Crippen LogP contribution in [0.15, 0.2) is 152 Å². The molecule has 3 aromatic heterocycles. The molecule has 0 radical (unpaired) electrons. The van der Waals surface area contributed by atoms with Crippen molar-refractivity contribution in [1.82, 2.24) is 24.5 Å². The average molecular weight is 600 g/mol. The molecule has 0 unspecified atom stereocenters. The van der Waals surface area contributed by atoms with E-state index in [1.54, 1.807) is 0 Å². The van der Waals surface area contributed by atoms with Gasteiger partial charge in [-0.15, -0.1) is 0 Å². The van der Waals surface area contributed by atoms with E-state index in [0.29, 0.717) is 17.5 Å². The third kappa shape index (κ3) is 3.97. The molecule has 0 spiro atoms. The second-order valence-electron chi connectivity index (χ2n) is 11.9. The van der Waals surface area contributed by atoms with Crippen LogP contribution in [-0.2, 0) is 0 Å². The molecule has 0 aliphatic heterocycles. The van der Waals surface area contributed by atoms with Crippen LogP contribution >= 0.6 is 0 Å². The van der Waals surface area contributed by atoms with Gasteiger partial charge < -0.3 is 4.57 Å². The van der Waals surface area contributed by atoms with Crippen molar-refractivity contribution in [2.75, 3.05) is 0 Å². The molecule has 0 bridgehead atoms. The molecule has 5 heteroatoms. The molecular formula is C42H25N5. The molecule has 0 atom stereocenters. The van der Waals surface area contributed by atoms with Gasteiger partial charge in [-0.25, -0.2) is 15.0 Å². The van der Waals surface area contributed by atoms with E-state index in [2.05, 4.69) is 88.4 Å². The van der Waals surface area contributed by atoms with E-state index in [9.17, 15) is 0 Å². The molecule has 10 rings (SSSR count). The zero-order valence-corrected chi connectivity index (χ0v) is 25.2. The quantitative estimate of drug-likeness (QED) is 0.198. The second kappa shape index (κ2) is 10.0. The number of rotatable bonds is 5. The third-order valence-corrected chi connectivity index (χ3v) is 9.22. The highest BCUT2D eigenvalue weighted by Crippen LogP contribution is 2.49. The fourth-order valence-corrected chi connectivity index (χ4v) is 7.14. The lowest BCUT2D eigenvalue weighted by Gasteiger charge is -2.13. The predicted octanol–water partition coefficient (Wildman–Crippen LogP) is 10.2. The number of hydrogen-bond donors (Lipinski definition) is 0. The summed E-state index contributed by atoms with van der Waals surface area (Å²) in [4.78, 5) is 19.4. The molecule has 0 amide bonds. The number of aromatic nitrogens is 5. The topological polar surface area (TPSA) is 56.5 Å². The Morgan fingerprint density at radius 2 is 0.979 bits per heavy atom. The Labute approximate surface area is 270 Å². The number of pyridine rings is 1. The normalized spacial score (nSPS) is 11.8. The summed E-state index contributed by atoms with van der Waals surface area (Å²) >= 11 is 0. The fourth-order valence-electron chi connectivity index (χ4n) is 7.14. The molecular weight excluding hydrogens is 574 g/mol. The first-order chi connectivity index (χ1) is 23.3. The zero-order valence-electron chi connectivity index (χ0n) is 25.2. The molecule has 0 fully saturated rings. The maximum atomic E-state index is 4.92. The van der Waals surface area contributed by atoms with Crippen LogP contribution in [0.1, 0.15) is 0 Å². The van der Waals surface area contributed by atoms with Crippen LogP contribution in [0, 0.1) is 0 Å². The lowest BCUT2D eigenvalue weighted by atomic mass is 10.0. The van der Waals surface area contributed by atoms with Crippen molar-refractivity contribution in [1.29, 1.82) is 0 Å². The highest BCUT2D eigenvalue weighted by Gasteiger charge is 2.25. The van der Waals surface area contributed by atoms with Crippen molar-refractivity contribution < 1.29 is 0 Å². The molecule has 1 aliphatic carbocycles. The highest BCUT2D eigenvalue weighted by molar-refractivity contribution is 6.33. The van der Waals surface area contributed by atoms with Crippen molar-refractivity contribution in [2.24, 2.45) is 0 Å². The minimum atomic E-state index is 0.586. The highest BCUT2D eigenvalue weighted by atomic mass is 15.0. The molecule has 5 nitrogen and oxygen atoms in total. The van der Waals surface area contributed by atoms with Crippen LogP contribution in [0.2, 0.25) is 0 Å². The standard InChI is InChI=1S/C42H25N5/c1-3-10-27(11-4-1)40-44-41(28-12-5-2-6-13-28)46-42(45-40)31-22-30(24-43-25-31)29-15-7-16-32(23-29)47-35-19-9-18-34-33-17-8-14-26-20-21-36(47)39(37(26)33)38(34)35/h1-25H. The first-order valence-electron chi connectivity index (χ1n) is 15.7. The Hall–Kier alpha value is -6.46. The van der Waals surface area contributed by atoms with Crippen LogP contribution < -0.4 is 0 Å². The number of hydrogen-bond acceptors (Lipinski definition) is 4. The second-order valence-corrected chi connectivity index (χ2v) is 11.9. The van der Waals surface area contributed by atoms with Crippen LogP contribution in [0.25, 0.3) is 94.7 Å². The lowest BCUT2D eigenvalue weighted by Crippen LogP contribution is -2.00. The van der Waals surface area contributed by atoms with Gasteiger partial charge >= 0.3 is 0 Å². The van der Waals surface area contributed by atoms with Crippen LogP contribution in [-0.4, -0.2) is 24.5 Å². The van der Waals surface area contributed by atoms with E-state index in [1.165, 1.54) is 43.7 Å².